The summed E-state index contributed by atoms with van der Waals surface area (Å²) < 4.78 is 0. The largest absolute Gasteiger partial charge is 0.326 e. The molecule has 0 atom stereocenters. The van der Waals surface area contributed by atoms with Gasteiger partial charge in [0.1, 0.15) is 0 Å². The minimum Gasteiger partial charge on any atom is -0.326 e. The Hall–Kier alpha value is -0.0800. The van der Waals surface area contributed by atoms with Gasteiger partial charge >= 0.3 is 0 Å². The van der Waals surface area contributed by atoms with Crippen LogP contribution in [0, 0.1) is 5.41 Å². The summed E-state index contributed by atoms with van der Waals surface area (Å²) in [5, 5.41) is 3.18. The lowest BCUT2D eigenvalue weighted by Gasteiger charge is -2.32. The smallest absolute Gasteiger partial charge is 0.0103 e. The van der Waals surface area contributed by atoms with Crippen molar-refractivity contribution in [3.05, 3.63) is 0 Å². The zero-order valence-corrected chi connectivity index (χ0v) is 8.49. The molecular weight excluding hydrogens is 136 g/mol. The van der Waals surface area contributed by atoms with Crippen molar-refractivity contribution in [3.63, 3.8) is 0 Å². The number of hydrogen-bond acceptors (Lipinski definition) is 2. The predicted octanol–water partition coefficient (Wildman–Crippen LogP) is 1.36. The molecule has 0 unspecified atom stereocenters. The molecule has 0 aliphatic rings. The highest BCUT2D eigenvalue weighted by atomic mass is 14.8. The Kier molecular flexibility index (Phi) is 3.52. The van der Waals surface area contributed by atoms with Crippen LogP contribution in [-0.4, -0.2) is 19.1 Å². The summed E-state index contributed by atoms with van der Waals surface area (Å²) in [6.07, 6.45) is 1.04. The van der Waals surface area contributed by atoms with Crippen LogP contribution in [0.2, 0.25) is 0 Å². The SMILES string of the molecule is CNCC(C)(C)CC(C)(C)N. The molecule has 0 bridgehead atoms. The maximum Gasteiger partial charge on any atom is 0.0103 e. The molecule has 0 amide bonds. The fraction of sp³-hybridized carbons (Fsp3) is 1.00. The molecule has 11 heavy (non-hydrogen) atoms. The third-order valence-corrected chi connectivity index (χ3v) is 1.59. The van der Waals surface area contributed by atoms with Gasteiger partial charge in [0, 0.05) is 12.1 Å². The van der Waals surface area contributed by atoms with Crippen LogP contribution >= 0.6 is 0 Å². The van der Waals surface area contributed by atoms with Crippen molar-refractivity contribution in [3.8, 4) is 0 Å². The van der Waals surface area contributed by atoms with Gasteiger partial charge in [0.15, 0.2) is 0 Å². The Bertz CT molecular complexity index is 111. The zero-order chi connectivity index (χ0) is 9.12. The fourth-order valence-electron chi connectivity index (χ4n) is 1.77. The van der Waals surface area contributed by atoms with Crippen LogP contribution in [0.25, 0.3) is 0 Å². The Labute approximate surface area is 70.5 Å². The van der Waals surface area contributed by atoms with Gasteiger partial charge in [-0.15, -0.1) is 0 Å². The second-order valence-electron chi connectivity index (χ2n) is 4.86. The Morgan fingerprint density at radius 2 is 1.64 bits per heavy atom. The van der Waals surface area contributed by atoms with E-state index in [1.807, 2.05) is 7.05 Å². The van der Waals surface area contributed by atoms with Crippen LogP contribution in [0.5, 0.6) is 0 Å². The second-order valence-corrected chi connectivity index (χ2v) is 4.86. The van der Waals surface area contributed by atoms with Gasteiger partial charge in [0.2, 0.25) is 0 Å². The van der Waals surface area contributed by atoms with E-state index in [1.54, 1.807) is 0 Å². The normalized spacial score (nSPS) is 13.6. The van der Waals surface area contributed by atoms with Crippen molar-refractivity contribution in [2.24, 2.45) is 11.1 Å². The number of rotatable bonds is 4. The molecule has 0 heterocycles. The van der Waals surface area contributed by atoms with Crippen LogP contribution in [-0.2, 0) is 0 Å². The lowest BCUT2D eigenvalue weighted by molar-refractivity contribution is 0.254. The molecule has 2 heteroatoms. The van der Waals surface area contributed by atoms with Crippen molar-refractivity contribution >= 4 is 0 Å². The standard InChI is InChI=1S/C9H22N2/c1-8(2,7-11-5)6-9(3,4)10/h11H,6-7,10H2,1-5H3. The molecule has 0 aromatic heterocycles. The average Bonchev–Trinajstić information content (AvgIpc) is 1.55. The highest BCUT2D eigenvalue weighted by Gasteiger charge is 2.24. The van der Waals surface area contributed by atoms with E-state index in [-0.39, 0.29) is 5.54 Å². The van der Waals surface area contributed by atoms with Crippen LogP contribution in [0.3, 0.4) is 0 Å². The molecule has 0 aromatic carbocycles. The van der Waals surface area contributed by atoms with Gasteiger partial charge in [-0.1, -0.05) is 13.8 Å². The van der Waals surface area contributed by atoms with E-state index < -0.39 is 0 Å². The minimum atomic E-state index is -0.0552. The molecule has 68 valence electrons. The Morgan fingerprint density at radius 1 is 1.18 bits per heavy atom. The van der Waals surface area contributed by atoms with Crippen molar-refractivity contribution in [2.45, 2.75) is 39.7 Å². The van der Waals surface area contributed by atoms with Gasteiger partial charge in [-0.3, -0.25) is 0 Å². The molecule has 0 aliphatic heterocycles. The molecule has 0 fully saturated rings. The van der Waals surface area contributed by atoms with Crippen molar-refractivity contribution in [1.29, 1.82) is 0 Å². The fourth-order valence-corrected chi connectivity index (χ4v) is 1.77. The predicted molar refractivity (Wildman–Crippen MR) is 50.6 cm³/mol. The maximum absolute atomic E-state index is 5.92. The summed E-state index contributed by atoms with van der Waals surface area (Å²) in [5.74, 6) is 0. The summed E-state index contributed by atoms with van der Waals surface area (Å²) in [6, 6.07) is 0. The molecule has 0 saturated heterocycles. The van der Waals surface area contributed by atoms with Gasteiger partial charge in [0.05, 0.1) is 0 Å². The summed E-state index contributed by atoms with van der Waals surface area (Å²) in [7, 11) is 1.98. The van der Waals surface area contributed by atoms with Gasteiger partial charge in [0.25, 0.3) is 0 Å². The number of nitrogens with one attached hydrogen (secondary N) is 1. The lowest BCUT2D eigenvalue weighted by atomic mass is 9.80. The highest BCUT2D eigenvalue weighted by molar-refractivity contribution is 4.82. The van der Waals surface area contributed by atoms with Crippen LogP contribution < -0.4 is 11.1 Å². The first-order valence-corrected chi connectivity index (χ1v) is 4.20. The van der Waals surface area contributed by atoms with E-state index in [2.05, 4.69) is 33.0 Å². The van der Waals surface area contributed by atoms with E-state index in [0.29, 0.717) is 5.41 Å². The molecule has 0 radical (unpaired) electrons. The first-order valence-electron chi connectivity index (χ1n) is 4.20. The third kappa shape index (κ3) is 6.32. The second kappa shape index (κ2) is 3.55. The third-order valence-electron chi connectivity index (χ3n) is 1.59. The van der Waals surface area contributed by atoms with Crippen LogP contribution in [0.1, 0.15) is 34.1 Å². The first-order chi connectivity index (χ1) is 4.77. The molecule has 0 aliphatic carbocycles. The van der Waals surface area contributed by atoms with Crippen molar-refractivity contribution in [2.75, 3.05) is 13.6 Å². The molecule has 3 N–H and O–H groups in total. The van der Waals surface area contributed by atoms with E-state index >= 15 is 0 Å². The highest BCUT2D eigenvalue weighted by Crippen LogP contribution is 2.25. The average molecular weight is 158 g/mol. The van der Waals surface area contributed by atoms with Crippen molar-refractivity contribution in [1.82, 2.24) is 5.32 Å². The van der Waals surface area contributed by atoms with E-state index in [0.717, 1.165) is 13.0 Å². The molecule has 0 spiro atoms. The van der Waals surface area contributed by atoms with Crippen LogP contribution in [0.15, 0.2) is 0 Å². The van der Waals surface area contributed by atoms with Gasteiger partial charge < -0.3 is 11.1 Å². The first kappa shape index (κ1) is 10.9. The molecule has 2 nitrogen and oxygen atoms in total. The molecule has 0 saturated carbocycles. The summed E-state index contributed by atoms with van der Waals surface area (Å²) in [5.41, 5.74) is 6.17. The number of nitrogens with two attached hydrogens (primary N) is 1. The van der Waals surface area contributed by atoms with E-state index in [4.69, 9.17) is 5.73 Å². The molecule has 0 rings (SSSR count). The zero-order valence-electron chi connectivity index (χ0n) is 8.49. The van der Waals surface area contributed by atoms with Gasteiger partial charge in [-0.25, -0.2) is 0 Å². The van der Waals surface area contributed by atoms with Gasteiger partial charge in [-0.05, 0) is 32.7 Å². The number of hydrogen-bond donors (Lipinski definition) is 2. The lowest BCUT2D eigenvalue weighted by Crippen LogP contribution is -2.40. The van der Waals surface area contributed by atoms with E-state index in [1.165, 1.54) is 0 Å². The van der Waals surface area contributed by atoms with Gasteiger partial charge in [-0.2, -0.15) is 0 Å². The Balaban J connectivity index is 3.91. The maximum atomic E-state index is 5.92. The van der Waals surface area contributed by atoms with Crippen LogP contribution in [0.4, 0.5) is 0 Å². The monoisotopic (exact) mass is 158 g/mol. The summed E-state index contributed by atoms with van der Waals surface area (Å²) >= 11 is 0. The summed E-state index contributed by atoms with van der Waals surface area (Å²) in [6.45, 7) is 9.64. The van der Waals surface area contributed by atoms with E-state index in [9.17, 15) is 0 Å². The Morgan fingerprint density at radius 3 is 1.91 bits per heavy atom. The quantitative estimate of drug-likeness (QED) is 0.648. The topological polar surface area (TPSA) is 38.0 Å². The van der Waals surface area contributed by atoms with Crippen molar-refractivity contribution < 1.29 is 0 Å². The summed E-state index contributed by atoms with van der Waals surface area (Å²) in [4.78, 5) is 0. The minimum absolute atomic E-state index is 0.0552. The molecular formula is C9H22N2. The molecule has 0 aromatic rings.